The second-order valence-corrected chi connectivity index (χ2v) is 11.6. The Morgan fingerprint density at radius 3 is 2.54 bits per heavy atom. The van der Waals surface area contributed by atoms with Gasteiger partial charge in [-0.25, -0.2) is 8.42 Å². The normalized spacial score (nSPS) is 15.3. The van der Waals surface area contributed by atoms with Crippen LogP contribution >= 0.6 is 15.9 Å². The highest BCUT2D eigenvalue weighted by Crippen LogP contribution is 2.34. The van der Waals surface area contributed by atoms with Gasteiger partial charge in [0.1, 0.15) is 5.75 Å². The summed E-state index contributed by atoms with van der Waals surface area (Å²) in [7, 11) is -3.96. The molecule has 0 unspecified atom stereocenters. The van der Waals surface area contributed by atoms with E-state index in [1.165, 1.54) is 4.31 Å². The molecule has 184 valence electrons. The molecule has 1 atom stereocenters. The van der Waals surface area contributed by atoms with Crippen molar-refractivity contribution in [1.29, 1.82) is 0 Å². The number of ether oxygens (including phenoxy) is 1. The van der Waals surface area contributed by atoms with Crippen molar-refractivity contribution in [3.63, 3.8) is 0 Å². The summed E-state index contributed by atoms with van der Waals surface area (Å²) in [6, 6.07) is 19.9. The maximum atomic E-state index is 13.8. The molecule has 1 aliphatic heterocycles. The van der Waals surface area contributed by atoms with Gasteiger partial charge in [0.05, 0.1) is 18.0 Å². The third-order valence-electron chi connectivity index (χ3n) is 6.12. The van der Waals surface area contributed by atoms with Gasteiger partial charge in [-0.1, -0.05) is 46.3 Å². The van der Waals surface area contributed by atoms with Gasteiger partial charge in [-0.15, -0.1) is 0 Å². The second kappa shape index (κ2) is 10.5. The molecule has 6 nitrogen and oxygen atoms in total. The van der Waals surface area contributed by atoms with Gasteiger partial charge in [-0.05, 0) is 80.3 Å². The SMILES string of the molecule is CCOc1ccc(S(=O)(=O)N(CC(=O)N2c3ccc(Br)cc3C[C@H]2C)Cc2ccccc2)cc1C. The number of benzene rings is 3. The van der Waals surface area contributed by atoms with E-state index in [9.17, 15) is 13.2 Å². The van der Waals surface area contributed by atoms with Crippen molar-refractivity contribution in [2.75, 3.05) is 18.1 Å². The minimum Gasteiger partial charge on any atom is -0.494 e. The van der Waals surface area contributed by atoms with Crippen LogP contribution in [0.15, 0.2) is 76.1 Å². The predicted octanol–water partition coefficient (Wildman–Crippen LogP) is 5.32. The first kappa shape index (κ1) is 25.4. The summed E-state index contributed by atoms with van der Waals surface area (Å²) in [5.74, 6) is 0.395. The van der Waals surface area contributed by atoms with E-state index in [1.54, 1.807) is 23.1 Å². The number of fused-ring (bicyclic) bond motifs is 1. The lowest BCUT2D eigenvalue weighted by molar-refractivity contribution is -0.119. The molecular weight excluding hydrogens is 528 g/mol. The lowest BCUT2D eigenvalue weighted by atomic mass is 10.1. The fraction of sp³-hybridized carbons (Fsp3) is 0.296. The summed E-state index contributed by atoms with van der Waals surface area (Å²) in [5.41, 5.74) is 3.44. The standard InChI is InChI=1S/C27H29BrN2O4S/c1-4-34-26-13-11-24(14-19(26)2)35(32,33)29(17-21-8-6-5-7-9-21)18-27(31)30-20(3)15-22-16-23(28)10-12-25(22)30/h5-14,16,20H,4,15,17-18H2,1-3H3/t20-/m1/s1. The van der Waals surface area contributed by atoms with Gasteiger partial charge in [-0.2, -0.15) is 4.31 Å². The topological polar surface area (TPSA) is 66.9 Å². The molecule has 3 aromatic rings. The summed E-state index contributed by atoms with van der Waals surface area (Å²) in [6.45, 7) is 6.01. The number of carbonyl (C=O) groups is 1. The Balaban J connectivity index is 1.67. The van der Waals surface area contributed by atoms with Crippen molar-refractivity contribution in [1.82, 2.24) is 4.31 Å². The molecule has 0 fully saturated rings. The van der Waals surface area contributed by atoms with Crippen LogP contribution in [0.4, 0.5) is 5.69 Å². The molecule has 8 heteroatoms. The van der Waals surface area contributed by atoms with Gasteiger partial charge in [0, 0.05) is 22.7 Å². The Kier molecular flexibility index (Phi) is 7.64. The highest BCUT2D eigenvalue weighted by molar-refractivity contribution is 9.10. The van der Waals surface area contributed by atoms with Gasteiger partial charge in [-0.3, -0.25) is 4.79 Å². The number of sulfonamides is 1. The van der Waals surface area contributed by atoms with Crippen LogP contribution < -0.4 is 9.64 Å². The Bertz CT molecular complexity index is 1330. The van der Waals surface area contributed by atoms with E-state index < -0.39 is 10.0 Å². The zero-order valence-corrected chi connectivity index (χ0v) is 22.5. The molecule has 0 N–H and O–H groups in total. The fourth-order valence-electron chi connectivity index (χ4n) is 4.47. The molecule has 35 heavy (non-hydrogen) atoms. The number of aryl methyl sites for hydroxylation is 1. The van der Waals surface area contributed by atoms with Crippen LogP contribution in [-0.2, 0) is 27.8 Å². The molecule has 0 aromatic heterocycles. The van der Waals surface area contributed by atoms with Crippen molar-refractivity contribution in [3.05, 3.63) is 87.9 Å². The van der Waals surface area contributed by atoms with Gasteiger partial charge < -0.3 is 9.64 Å². The summed E-state index contributed by atoms with van der Waals surface area (Å²) < 4.78 is 35.4. The molecule has 0 radical (unpaired) electrons. The number of anilines is 1. The van der Waals surface area contributed by atoms with Crippen molar-refractivity contribution in [2.24, 2.45) is 0 Å². The minimum atomic E-state index is -3.96. The third-order valence-corrected chi connectivity index (χ3v) is 8.40. The number of hydrogen-bond acceptors (Lipinski definition) is 4. The second-order valence-electron chi connectivity index (χ2n) is 8.71. The van der Waals surface area contributed by atoms with Crippen LogP contribution in [0, 0.1) is 6.92 Å². The number of halogens is 1. The molecule has 0 aliphatic carbocycles. The molecule has 1 amide bonds. The van der Waals surface area contributed by atoms with Gasteiger partial charge in [0.15, 0.2) is 0 Å². The highest BCUT2D eigenvalue weighted by atomic mass is 79.9. The molecule has 1 aliphatic rings. The van der Waals surface area contributed by atoms with Crippen molar-refractivity contribution >= 4 is 37.5 Å². The summed E-state index contributed by atoms with van der Waals surface area (Å²) in [6.07, 6.45) is 0.726. The van der Waals surface area contributed by atoms with Crippen LogP contribution in [0.25, 0.3) is 0 Å². The van der Waals surface area contributed by atoms with Crippen LogP contribution in [0.1, 0.15) is 30.5 Å². The van der Waals surface area contributed by atoms with E-state index in [0.717, 1.165) is 33.3 Å². The minimum absolute atomic E-state index is 0.0548. The number of amides is 1. The number of nitrogens with zero attached hydrogens (tertiary/aromatic N) is 2. The molecule has 0 saturated carbocycles. The van der Waals surface area contributed by atoms with E-state index in [4.69, 9.17) is 4.74 Å². The molecular formula is C27H29BrN2O4S. The monoisotopic (exact) mass is 556 g/mol. The maximum absolute atomic E-state index is 13.8. The van der Waals surface area contributed by atoms with Crippen LogP contribution in [0.2, 0.25) is 0 Å². The molecule has 0 bridgehead atoms. The summed E-state index contributed by atoms with van der Waals surface area (Å²) in [5, 5.41) is 0. The Morgan fingerprint density at radius 1 is 1.11 bits per heavy atom. The van der Waals surface area contributed by atoms with Crippen molar-refractivity contribution in [2.45, 2.75) is 44.7 Å². The largest absolute Gasteiger partial charge is 0.494 e. The quantitative estimate of drug-likeness (QED) is 0.376. The van der Waals surface area contributed by atoms with Crippen LogP contribution in [0.5, 0.6) is 5.75 Å². The van der Waals surface area contributed by atoms with E-state index in [1.807, 2.05) is 69.3 Å². The first-order valence-electron chi connectivity index (χ1n) is 11.6. The number of rotatable bonds is 8. The molecule has 3 aromatic carbocycles. The average molecular weight is 558 g/mol. The Hall–Kier alpha value is -2.68. The number of hydrogen-bond donors (Lipinski definition) is 0. The fourth-order valence-corrected chi connectivity index (χ4v) is 6.34. The first-order chi connectivity index (χ1) is 16.7. The van der Waals surface area contributed by atoms with Gasteiger partial charge in [0.2, 0.25) is 15.9 Å². The zero-order valence-electron chi connectivity index (χ0n) is 20.1. The van der Waals surface area contributed by atoms with E-state index in [2.05, 4.69) is 15.9 Å². The van der Waals surface area contributed by atoms with Gasteiger partial charge >= 0.3 is 0 Å². The van der Waals surface area contributed by atoms with E-state index in [-0.39, 0.29) is 29.9 Å². The predicted molar refractivity (Wildman–Crippen MR) is 141 cm³/mol. The smallest absolute Gasteiger partial charge is 0.243 e. The Labute approximate surface area is 215 Å². The maximum Gasteiger partial charge on any atom is 0.243 e. The molecule has 0 saturated heterocycles. The third kappa shape index (κ3) is 5.44. The van der Waals surface area contributed by atoms with Crippen molar-refractivity contribution < 1.29 is 17.9 Å². The summed E-state index contributed by atoms with van der Waals surface area (Å²) in [4.78, 5) is 15.4. The lowest BCUT2D eigenvalue weighted by Gasteiger charge is -2.28. The number of carbonyl (C=O) groups excluding carboxylic acids is 1. The van der Waals surface area contributed by atoms with Crippen LogP contribution in [0.3, 0.4) is 0 Å². The van der Waals surface area contributed by atoms with Gasteiger partial charge in [0.25, 0.3) is 0 Å². The van der Waals surface area contributed by atoms with E-state index >= 15 is 0 Å². The first-order valence-corrected chi connectivity index (χ1v) is 13.8. The zero-order chi connectivity index (χ0) is 25.2. The molecule has 1 heterocycles. The van der Waals surface area contributed by atoms with Crippen LogP contribution in [-0.4, -0.2) is 37.8 Å². The van der Waals surface area contributed by atoms with E-state index in [0.29, 0.717) is 12.4 Å². The Morgan fingerprint density at radius 2 is 1.86 bits per heavy atom. The van der Waals surface area contributed by atoms with Crippen molar-refractivity contribution in [3.8, 4) is 5.75 Å². The molecule has 4 rings (SSSR count). The lowest BCUT2D eigenvalue weighted by Crippen LogP contribution is -2.44. The summed E-state index contributed by atoms with van der Waals surface area (Å²) >= 11 is 3.49. The highest BCUT2D eigenvalue weighted by Gasteiger charge is 2.35. The average Bonchev–Trinajstić information content (AvgIpc) is 3.15. The molecule has 0 spiro atoms.